The molecule has 5 heterocycles. The third-order valence-corrected chi connectivity index (χ3v) is 9.63. The van der Waals surface area contributed by atoms with Gasteiger partial charge in [0.25, 0.3) is 0 Å². The largest absolute Gasteiger partial charge is 0.316 e. The first-order valence-corrected chi connectivity index (χ1v) is 13.4. The van der Waals surface area contributed by atoms with Crippen LogP contribution in [0.2, 0.25) is 0 Å². The monoisotopic (exact) mass is 432 g/mol. The van der Waals surface area contributed by atoms with E-state index in [1.165, 1.54) is 117 Å². The Morgan fingerprint density at radius 3 is 1.84 bits per heavy atom. The highest BCUT2D eigenvalue weighted by molar-refractivity contribution is 5.02. The lowest BCUT2D eigenvalue weighted by Gasteiger charge is -2.51. The van der Waals surface area contributed by atoms with Gasteiger partial charge < -0.3 is 16.0 Å². The summed E-state index contributed by atoms with van der Waals surface area (Å²) in [4.78, 5) is 8.38. The molecule has 5 saturated heterocycles. The molecule has 5 aliphatic heterocycles. The van der Waals surface area contributed by atoms with E-state index in [-0.39, 0.29) is 0 Å². The first-order valence-electron chi connectivity index (χ1n) is 13.4. The van der Waals surface area contributed by atoms with Crippen LogP contribution in [0, 0.1) is 10.8 Å². The highest BCUT2D eigenvalue weighted by Gasteiger charge is 2.46. The Morgan fingerprint density at radius 1 is 0.613 bits per heavy atom. The van der Waals surface area contributed by atoms with Crippen LogP contribution in [0.1, 0.15) is 52.4 Å². The van der Waals surface area contributed by atoms with Crippen molar-refractivity contribution >= 4 is 0 Å². The summed E-state index contributed by atoms with van der Waals surface area (Å²) in [6, 6.07) is 2.27. The molecule has 0 aromatic carbocycles. The van der Waals surface area contributed by atoms with Crippen molar-refractivity contribution in [2.45, 2.75) is 70.5 Å². The molecule has 3 atom stereocenters. The van der Waals surface area contributed by atoms with Gasteiger partial charge in [-0.2, -0.15) is 0 Å². The van der Waals surface area contributed by atoms with Crippen LogP contribution in [0.15, 0.2) is 0 Å². The van der Waals surface area contributed by atoms with Gasteiger partial charge in [0.2, 0.25) is 0 Å². The van der Waals surface area contributed by atoms with Crippen molar-refractivity contribution in [3.05, 3.63) is 0 Å². The predicted molar refractivity (Wildman–Crippen MR) is 129 cm³/mol. The quantitative estimate of drug-likeness (QED) is 0.509. The topological polar surface area (TPSA) is 45.8 Å². The minimum absolute atomic E-state index is 0.630. The molecule has 0 amide bonds. The smallest absolute Gasteiger partial charge is 0.0110 e. The Balaban J connectivity index is 1.09. The van der Waals surface area contributed by atoms with Crippen molar-refractivity contribution in [3.63, 3.8) is 0 Å². The molecule has 31 heavy (non-hydrogen) atoms. The Labute approximate surface area is 190 Å². The van der Waals surface area contributed by atoms with Crippen LogP contribution in [0.3, 0.4) is 0 Å². The highest BCUT2D eigenvalue weighted by atomic mass is 15.3. The highest BCUT2D eigenvalue weighted by Crippen LogP contribution is 2.38. The third kappa shape index (κ3) is 4.99. The maximum absolute atomic E-state index is 3.58. The maximum Gasteiger partial charge on any atom is 0.0110 e. The molecule has 0 aromatic rings. The van der Waals surface area contributed by atoms with Crippen LogP contribution in [0.25, 0.3) is 0 Å². The Bertz CT molecular complexity index is 573. The number of nitrogens with one attached hydrogen (secondary N) is 3. The van der Waals surface area contributed by atoms with Crippen LogP contribution in [0.4, 0.5) is 0 Å². The lowest BCUT2D eigenvalue weighted by atomic mass is 9.78. The number of hydrogen-bond acceptors (Lipinski definition) is 6. The molecule has 0 bridgehead atoms. The van der Waals surface area contributed by atoms with Gasteiger partial charge in [-0.05, 0) is 65.5 Å². The molecule has 0 aliphatic carbocycles. The summed E-state index contributed by atoms with van der Waals surface area (Å²) in [6.07, 6.45) is 8.30. The molecule has 178 valence electrons. The molecule has 3 N–H and O–H groups in total. The van der Waals surface area contributed by atoms with Gasteiger partial charge in [-0.25, -0.2) is 0 Å². The van der Waals surface area contributed by atoms with Gasteiger partial charge in [0.1, 0.15) is 0 Å². The second kappa shape index (κ2) is 9.55. The van der Waals surface area contributed by atoms with Gasteiger partial charge in [0.05, 0.1) is 0 Å². The fraction of sp³-hybridized carbons (Fsp3) is 1.00. The van der Waals surface area contributed by atoms with Crippen molar-refractivity contribution in [2.24, 2.45) is 10.8 Å². The molecule has 0 aromatic heterocycles. The summed E-state index contributed by atoms with van der Waals surface area (Å²) in [5, 5.41) is 10.7. The lowest BCUT2D eigenvalue weighted by Crippen LogP contribution is -2.60. The summed E-state index contributed by atoms with van der Waals surface area (Å²) < 4.78 is 0. The van der Waals surface area contributed by atoms with Gasteiger partial charge in [0.15, 0.2) is 0 Å². The molecule has 3 unspecified atom stereocenters. The van der Waals surface area contributed by atoms with E-state index >= 15 is 0 Å². The predicted octanol–water partition coefficient (Wildman–Crippen LogP) is 1.19. The summed E-state index contributed by atoms with van der Waals surface area (Å²) >= 11 is 0. The molecule has 0 radical (unpaired) electrons. The first-order chi connectivity index (χ1) is 15.1. The van der Waals surface area contributed by atoms with Crippen LogP contribution < -0.4 is 16.0 Å². The molecule has 5 rings (SSSR count). The van der Waals surface area contributed by atoms with Crippen molar-refractivity contribution in [1.82, 2.24) is 30.7 Å². The van der Waals surface area contributed by atoms with Gasteiger partial charge in [-0.3, -0.25) is 14.7 Å². The SMILES string of the molecule is CC(CCC(CCC(C)N1CC2(CCNC2)C1)N1CCNCC1)N1CCC2(CNC2)C1. The van der Waals surface area contributed by atoms with E-state index in [0.29, 0.717) is 10.8 Å². The molecule has 2 spiro atoms. The van der Waals surface area contributed by atoms with Gasteiger partial charge in [0, 0.05) is 94.4 Å². The Morgan fingerprint density at radius 2 is 1.26 bits per heavy atom. The second-order valence-electron chi connectivity index (χ2n) is 11.9. The third-order valence-electron chi connectivity index (χ3n) is 9.63. The summed E-state index contributed by atoms with van der Waals surface area (Å²) in [5.41, 5.74) is 1.26. The molecule has 5 aliphatic rings. The minimum Gasteiger partial charge on any atom is -0.316 e. The van der Waals surface area contributed by atoms with E-state index < -0.39 is 0 Å². The molecule has 0 saturated carbocycles. The van der Waals surface area contributed by atoms with Crippen molar-refractivity contribution < 1.29 is 0 Å². The molecular weight excluding hydrogens is 384 g/mol. The summed E-state index contributed by atoms with van der Waals surface area (Å²) in [6.45, 7) is 20.1. The molecule has 5 fully saturated rings. The fourth-order valence-corrected chi connectivity index (χ4v) is 7.09. The van der Waals surface area contributed by atoms with Crippen LogP contribution in [0.5, 0.6) is 0 Å². The van der Waals surface area contributed by atoms with E-state index in [0.717, 1.165) is 18.1 Å². The van der Waals surface area contributed by atoms with Crippen molar-refractivity contribution in [3.8, 4) is 0 Å². The number of nitrogens with zero attached hydrogens (tertiary/aromatic N) is 3. The van der Waals surface area contributed by atoms with Gasteiger partial charge >= 0.3 is 0 Å². The zero-order valence-corrected chi connectivity index (χ0v) is 20.3. The lowest BCUT2D eigenvalue weighted by molar-refractivity contribution is -0.0175. The average Bonchev–Trinajstić information content (AvgIpc) is 3.41. The zero-order chi connectivity index (χ0) is 21.3. The maximum atomic E-state index is 3.58. The Kier molecular flexibility index (Phi) is 6.95. The van der Waals surface area contributed by atoms with Gasteiger partial charge in [-0.15, -0.1) is 0 Å². The molecule has 6 nitrogen and oxygen atoms in total. The molecular formula is C25H48N6. The van der Waals surface area contributed by atoms with E-state index in [2.05, 4.69) is 44.5 Å². The standard InChI is InChI=1S/C25H48N6/c1-21(30-12-8-24(18-30)15-28-16-24)3-5-23(29-13-10-26-11-14-29)6-4-22(2)31-19-25(20-31)7-9-27-17-25/h21-23,26-28H,3-20H2,1-2H3. The number of likely N-dealkylation sites (tertiary alicyclic amines) is 2. The number of hydrogen-bond donors (Lipinski definition) is 3. The average molecular weight is 433 g/mol. The summed E-state index contributed by atoms with van der Waals surface area (Å²) in [5.74, 6) is 0. The Hall–Kier alpha value is -0.240. The van der Waals surface area contributed by atoms with Crippen LogP contribution in [-0.4, -0.2) is 111 Å². The fourth-order valence-electron chi connectivity index (χ4n) is 7.09. The van der Waals surface area contributed by atoms with Crippen LogP contribution in [-0.2, 0) is 0 Å². The molecule has 6 heteroatoms. The summed E-state index contributed by atoms with van der Waals surface area (Å²) in [7, 11) is 0. The van der Waals surface area contributed by atoms with Crippen molar-refractivity contribution in [1.29, 1.82) is 0 Å². The van der Waals surface area contributed by atoms with E-state index in [1.54, 1.807) is 0 Å². The van der Waals surface area contributed by atoms with Crippen molar-refractivity contribution in [2.75, 3.05) is 78.5 Å². The van der Waals surface area contributed by atoms with E-state index in [9.17, 15) is 0 Å². The zero-order valence-electron chi connectivity index (χ0n) is 20.3. The van der Waals surface area contributed by atoms with Crippen LogP contribution >= 0.6 is 0 Å². The van der Waals surface area contributed by atoms with E-state index in [1.807, 2.05) is 0 Å². The van der Waals surface area contributed by atoms with Gasteiger partial charge in [-0.1, -0.05) is 0 Å². The number of piperazine rings is 1. The second-order valence-corrected chi connectivity index (χ2v) is 11.9. The number of rotatable bonds is 9. The minimum atomic E-state index is 0.630. The first kappa shape index (κ1) is 22.5. The normalized spacial score (nSPS) is 31.5. The van der Waals surface area contributed by atoms with E-state index in [4.69, 9.17) is 0 Å².